The molecule has 2 N–H and O–H groups in total. The zero-order chi connectivity index (χ0) is 20.6. The van der Waals surface area contributed by atoms with Crippen molar-refractivity contribution in [2.24, 2.45) is 4.99 Å². The molecule has 1 aromatic carbocycles. The first-order chi connectivity index (χ1) is 14.0. The van der Waals surface area contributed by atoms with Crippen molar-refractivity contribution in [3.05, 3.63) is 35.6 Å². The highest BCUT2D eigenvalue weighted by atomic mass is 19.1. The van der Waals surface area contributed by atoms with Gasteiger partial charge < -0.3 is 25.0 Å². The summed E-state index contributed by atoms with van der Waals surface area (Å²) >= 11 is 0. The Hall–Kier alpha value is -1.70. The van der Waals surface area contributed by atoms with Crippen LogP contribution in [0, 0.1) is 5.82 Å². The number of benzene rings is 1. The molecule has 7 heteroatoms. The molecule has 0 saturated carbocycles. The highest BCUT2D eigenvalue weighted by Gasteiger charge is 2.28. The number of nitrogens with one attached hydrogen (secondary N) is 1. The molecule has 2 aliphatic rings. The van der Waals surface area contributed by atoms with Crippen molar-refractivity contribution in [1.82, 2.24) is 15.1 Å². The first-order valence-corrected chi connectivity index (χ1v) is 10.9. The van der Waals surface area contributed by atoms with Gasteiger partial charge in [-0.2, -0.15) is 0 Å². The van der Waals surface area contributed by atoms with Crippen molar-refractivity contribution in [1.29, 1.82) is 0 Å². The lowest BCUT2D eigenvalue weighted by atomic mass is 10.1. The van der Waals surface area contributed by atoms with Gasteiger partial charge in [-0.1, -0.05) is 12.1 Å². The third-order valence-corrected chi connectivity index (χ3v) is 5.59. The van der Waals surface area contributed by atoms with E-state index in [1.165, 1.54) is 12.1 Å². The summed E-state index contributed by atoms with van der Waals surface area (Å²) in [5, 5.41) is 13.0. The van der Waals surface area contributed by atoms with Crippen LogP contribution in [0.2, 0.25) is 0 Å². The molecular formula is C22H35FN4O2. The van der Waals surface area contributed by atoms with E-state index in [1.54, 1.807) is 12.1 Å². The number of guanidine groups is 1. The number of ether oxygens (including phenoxy) is 1. The molecule has 6 nitrogen and oxygen atoms in total. The van der Waals surface area contributed by atoms with E-state index in [9.17, 15) is 9.50 Å². The van der Waals surface area contributed by atoms with Crippen LogP contribution < -0.4 is 5.32 Å². The maximum atomic E-state index is 13.3. The average Bonchev–Trinajstić information content (AvgIpc) is 2.71. The van der Waals surface area contributed by atoms with Gasteiger partial charge in [-0.25, -0.2) is 4.39 Å². The Morgan fingerprint density at radius 2 is 1.97 bits per heavy atom. The fraction of sp³-hybridized carbons (Fsp3) is 0.682. The Kier molecular flexibility index (Phi) is 8.27. The molecule has 2 fully saturated rings. The molecule has 29 heavy (non-hydrogen) atoms. The second kappa shape index (κ2) is 10.9. The molecule has 2 heterocycles. The third kappa shape index (κ3) is 6.66. The molecule has 2 aliphatic heterocycles. The highest BCUT2D eigenvalue weighted by molar-refractivity contribution is 5.80. The van der Waals surface area contributed by atoms with Gasteiger partial charge in [0.1, 0.15) is 11.9 Å². The Labute approximate surface area is 173 Å². The van der Waals surface area contributed by atoms with E-state index in [0.717, 1.165) is 70.1 Å². The van der Waals surface area contributed by atoms with Gasteiger partial charge in [-0.3, -0.25) is 4.99 Å². The summed E-state index contributed by atoms with van der Waals surface area (Å²) in [5.74, 6) is 0.691. The van der Waals surface area contributed by atoms with Crippen LogP contribution in [-0.2, 0) is 4.74 Å². The number of rotatable bonds is 6. The van der Waals surface area contributed by atoms with Crippen LogP contribution in [-0.4, -0.2) is 78.9 Å². The van der Waals surface area contributed by atoms with Gasteiger partial charge in [0, 0.05) is 32.7 Å². The smallest absolute Gasteiger partial charge is 0.194 e. The van der Waals surface area contributed by atoms with E-state index >= 15 is 0 Å². The van der Waals surface area contributed by atoms with Crippen LogP contribution in [0.1, 0.15) is 44.8 Å². The molecule has 0 aromatic heterocycles. The summed E-state index contributed by atoms with van der Waals surface area (Å²) in [6.45, 7) is 10.2. The van der Waals surface area contributed by atoms with E-state index in [2.05, 4.69) is 29.0 Å². The van der Waals surface area contributed by atoms with Gasteiger partial charge >= 0.3 is 0 Å². The lowest BCUT2D eigenvalue weighted by Gasteiger charge is -2.38. The maximum absolute atomic E-state index is 13.3. The van der Waals surface area contributed by atoms with Crippen LogP contribution in [0.4, 0.5) is 4.39 Å². The summed E-state index contributed by atoms with van der Waals surface area (Å²) in [5.41, 5.74) is 0.992. The van der Waals surface area contributed by atoms with Crippen molar-refractivity contribution >= 4 is 5.96 Å². The van der Waals surface area contributed by atoms with Gasteiger partial charge in [-0.15, -0.1) is 0 Å². The second-order valence-corrected chi connectivity index (χ2v) is 8.05. The zero-order valence-electron chi connectivity index (χ0n) is 17.7. The standard InChI is InChI=1S/C22H35FN4O2/c1-3-24-22(25-11-4-12-26-13-9-20(28)10-14-26)27-15-17(2)29-21(16-27)18-5-7-19(23)8-6-18/h5-8,17,20-21,28H,3-4,9-16H2,1-2H3,(H,24,25). The Bertz CT molecular complexity index is 647. The first kappa shape index (κ1) is 22.0. The molecule has 2 atom stereocenters. The number of aliphatic hydroxyl groups excluding tert-OH is 1. The van der Waals surface area contributed by atoms with Crippen LogP contribution in [0.25, 0.3) is 0 Å². The number of nitrogens with zero attached hydrogens (tertiary/aromatic N) is 3. The van der Waals surface area contributed by atoms with E-state index in [-0.39, 0.29) is 24.1 Å². The van der Waals surface area contributed by atoms with E-state index in [0.29, 0.717) is 6.54 Å². The highest BCUT2D eigenvalue weighted by Crippen LogP contribution is 2.25. The van der Waals surface area contributed by atoms with Gasteiger partial charge in [0.15, 0.2) is 5.96 Å². The predicted octanol–water partition coefficient (Wildman–Crippen LogP) is 2.40. The Morgan fingerprint density at radius 3 is 2.66 bits per heavy atom. The fourth-order valence-electron chi connectivity index (χ4n) is 4.03. The maximum Gasteiger partial charge on any atom is 0.194 e. The van der Waals surface area contributed by atoms with Crippen LogP contribution >= 0.6 is 0 Å². The minimum Gasteiger partial charge on any atom is -0.393 e. The van der Waals surface area contributed by atoms with Crippen LogP contribution in [0.5, 0.6) is 0 Å². The summed E-state index contributed by atoms with van der Waals surface area (Å²) in [7, 11) is 0. The quantitative estimate of drug-likeness (QED) is 0.432. The van der Waals surface area contributed by atoms with Gasteiger partial charge in [0.25, 0.3) is 0 Å². The second-order valence-electron chi connectivity index (χ2n) is 8.05. The first-order valence-electron chi connectivity index (χ1n) is 10.9. The lowest BCUT2D eigenvalue weighted by Crippen LogP contribution is -2.50. The minimum atomic E-state index is -0.229. The van der Waals surface area contributed by atoms with Gasteiger partial charge in [0.2, 0.25) is 0 Å². The summed E-state index contributed by atoms with van der Waals surface area (Å²) in [6.07, 6.45) is 2.61. The zero-order valence-corrected chi connectivity index (χ0v) is 17.7. The van der Waals surface area contributed by atoms with Crippen molar-refractivity contribution in [2.45, 2.75) is 51.4 Å². The Balaban J connectivity index is 1.56. The number of halogens is 1. The van der Waals surface area contributed by atoms with Crippen molar-refractivity contribution in [3.63, 3.8) is 0 Å². The number of aliphatic imine (C=N–C) groups is 1. The minimum absolute atomic E-state index is 0.0717. The average molecular weight is 407 g/mol. The number of morpholine rings is 1. The molecule has 0 radical (unpaired) electrons. The molecule has 0 amide bonds. The normalized spacial score (nSPS) is 24.7. The SMILES string of the molecule is CCNC(=NCCCN1CCC(O)CC1)N1CC(C)OC(c2ccc(F)cc2)C1. The van der Waals surface area contributed by atoms with Gasteiger partial charge in [-0.05, 0) is 57.4 Å². The molecule has 2 saturated heterocycles. The topological polar surface area (TPSA) is 60.3 Å². The summed E-state index contributed by atoms with van der Waals surface area (Å²) in [6, 6.07) is 6.58. The van der Waals surface area contributed by atoms with E-state index in [4.69, 9.17) is 9.73 Å². The number of piperidine rings is 1. The molecule has 1 aromatic rings. The summed E-state index contributed by atoms with van der Waals surface area (Å²) in [4.78, 5) is 9.52. The van der Waals surface area contributed by atoms with Gasteiger partial charge in [0.05, 0.1) is 18.8 Å². The molecule has 0 bridgehead atoms. The monoisotopic (exact) mass is 406 g/mol. The van der Waals surface area contributed by atoms with Crippen molar-refractivity contribution in [2.75, 3.05) is 45.8 Å². The van der Waals surface area contributed by atoms with Crippen LogP contribution in [0.3, 0.4) is 0 Å². The third-order valence-electron chi connectivity index (χ3n) is 5.59. The van der Waals surface area contributed by atoms with E-state index < -0.39 is 0 Å². The number of hydrogen-bond donors (Lipinski definition) is 2. The van der Waals surface area contributed by atoms with Crippen molar-refractivity contribution in [3.8, 4) is 0 Å². The molecule has 0 aliphatic carbocycles. The molecule has 162 valence electrons. The molecule has 2 unspecified atom stereocenters. The summed E-state index contributed by atoms with van der Waals surface area (Å²) < 4.78 is 19.4. The number of hydrogen-bond acceptors (Lipinski definition) is 4. The fourth-order valence-corrected chi connectivity index (χ4v) is 4.03. The predicted molar refractivity (Wildman–Crippen MR) is 114 cm³/mol. The van der Waals surface area contributed by atoms with E-state index in [1.807, 2.05) is 0 Å². The van der Waals surface area contributed by atoms with Crippen molar-refractivity contribution < 1.29 is 14.2 Å². The number of aliphatic hydroxyl groups is 1. The lowest BCUT2D eigenvalue weighted by molar-refractivity contribution is -0.0605. The molecule has 3 rings (SSSR count). The Morgan fingerprint density at radius 1 is 1.24 bits per heavy atom. The molecular weight excluding hydrogens is 371 g/mol. The number of likely N-dealkylation sites (tertiary alicyclic amines) is 1. The van der Waals surface area contributed by atoms with Crippen LogP contribution in [0.15, 0.2) is 29.3 Å². The largest absolute Gasteiger partial charge is 0.393 e. The molecule has 0 spiro atoms.